The number of alkyl halides is 5. The smallest absolute Gasteiger partial charge is 0.383 e. The number of fused-ring (bicyclic) bond motifs is 2. The molecule has 2 aliphatic rings. The monoisotopic (exact) mass is 260 g/mol. The second-order valence-corrected chi connectivity index (χ2v) is 5.07. The molecule has 0 heterocycles. The van der Waals surface area contributed by atoms with Gasteiger partial charge in [0.15, 0.2) is 0 Å². The Balaban J connectivity index is 2.26. The number of halogens is 5. The number of aliphatic hydroxyl groups excluding tert-OH is 1. The Bertz CT molecular complexity index is 316. The van der Waals surface area contributed by atoms with E-state index in [4.69, 9.17) is 5.11 Å². The van der Waals surface area contributed by atoms with Crippen molar-refractivity contribution >= 4 is 0 Å². The van der Waals surface area contributed by atoms with Gasteiger partial charge in [0.1, 0.15) is 5.60 Å². The highest BCUT2D eigenvalue weighted by molar-refractivity contribution is 5.11. The number of aliphatic hydroxyl groups is 2. The van der Waals surface area contributed by atoms with Gasteiger partial charge in [0.25, 0.3) is 0 Å². The van der Waals surface area contributed by atoms with E-state index in [0.717, 1.165) is 0 Å². The van der Waals surface area contributed by atoms with Crippen molar-refractivity contribution < 1.29 is 32.2 Å². The second-order valence-electron chi connectivity index (χ2n) is 5.07. The van der Waals surface area contributed by atoms with Crippen LogP contribution in [-0.2, 0) is 0 Å². The average Bonchev–Trinajstić information content (AvgIpc) is 2.74. The molecular formula is C10H13F5O2. The predicted octanol–water partition coefficient (Wildman–Crippen LogP) is 2.10. The van der Waals surface area contributed by atoms with Crippen LogP contribution in [0.5, 0.6) is 0 Å². The van der Waals surface area contributed by atoms with Crippen LogP contribution in [0.4, 0.5) is 22.0 Å². The van der Waals surface area contributed by atoms with Gasteiger partial charge in [-0.05, 0) is 37.5 Å². The summed E-state index contributed by atoms with van der Waals surface area (Å²) in [5.74, 6) is -5.55. The first-order chi connectivity index (χ1) is 7.59. The lowest BCUT2D eigenvalue weighted by atomic mass is 9.77. The second kappa shape index (κ2) is 3.54. The molecule has 0 saturated heterocycles. The van der Waals surface area contributed by atoms with Crippen LogP contribution < -0.4 is 0 Å². The third-order valence-corrected chi connectivity index (χ3v) is 4.05. The van der Waals surface area contributed by atoms with Crippen LogP contribution in [0.25, 0.3) is 0 Å². The van der Waals surface area contributed by atoms with E-state index in [1.54, 1.807) is 0 Å². The summed E-state index contributed by atoms with van der Waals surface area (Å²) in [6.07, 6.45) is -8.33. The molecule has 2 rings (SSSR count). The Morgan fingerprint density at radius 2 is 1.71 bits per heavy atom. The van der Waals surface area contributed by atoms with Crippen molar-refractivity contribution in [1.29, 1.82) is 0 Å². The molecule has 0 spiro atoms. The maximum atomic E-state index is 13.6. The van der Waals surface area contributed by atoms with Crippen LogP contribution in [-0.4, -0.2) is 34.0 Å². The van der Waals surface area contributed by atoms with E-state index in [1.165, 1.54) is 0 Å². The highest BCUT2D eigenvalue weighted by Gasteiger charge is 2.70. The standard InChI is InChI=1S/C10H13F5O2/c11-9(12,7(16)10(13,14)15)8(17)4-5-1-2-6(8)3-5/h5-7,16-17H,1-4H2. The normalized spacial score (nSPS) is 39.7. The highest BCUT2D eigenvalue weighted by Crippen LogP contribution is 2.58. The van der Waals surface area contributed by atoms with Crippen molar-refractivity contribution in [1.82, 2.24) is 0 Å². The Morgan fingerprint density at radius 1 is 1.12 bits per heavy atom. The quantitative estimate of drug-likeness (QED) is 0.746. The third kappa shape index (κ3) is 1.74. The van der Waals surface area contributed by atoms with E-state index in [0.29, 0.717) is 19.3 Å². The van der Waals surface area contributed by atoms with Gasteiger partial charge >= 0.3 is 12.1 Å². The Hall–Kier alpha value is -0.430. The van der Waals surface area contributed by atoms with Gasteiger partial charge in [-0.2, -0.15) is 13.2 Å². The Labute approximate surface area is 94.4 Å². The molecule has 0 aromatic carbocycles. The van der Waals surface area contributed by atoms with Gasteiger partial charge < -0.3 is 10.2 Å². The van der Waals surface area contributed by atoms with Gasteiger partial charge in [0.2, 0.25) is 6.10 Å². The lowest BCUT2D eigenvalue weighted by Crippen LogP contribution is -2.61. The minimum Gasteiger partial charge on any atom is -0.383 e. The molecule has 7 heteroatoms. The van der Waals surface area contributed by atoms with Crippen LogP contribution in [0.2, 0.25) is 0 Å². The van der Waals surface area contributed by atoms with Crippen LogP contribution in [0, 0.1) is 11.8 Å². The third-order valence-electron chi connectivity index (χ3n) is 4.05. The van der Waals surface area contributed by atoms with Gasteiger partial charge in [-0.15, -0.1) is 0 Å². The molecule has 0 aromatic rings. The van der Waals surface area contributed by atoms with E-state index in [2.05, 4.69) is 0 Å². The van der Waals surface area contributed by atoms with Gasteiger partial charge in [0, 0.05) is 0 Å². The maximum Gasteiger partial charge on any atom is 0.420 e. The summed E-state index contributed by atoms with van der Waals surface area (Å²) in [6.45, 7) is 0. The van der Waals surface area contributed by atoms with Crippen LogP contribution in [0.15, 0.2) is 0 Å². The van der Waals surface area contributed by atoms with Crippen molar-refractivity contribution in [2.45, 2.75) is 49.5 Å². The number of rotatable bonds is 2. The van der Waals surface area contributed by atoms with Gasteiger partial charge in [-0.1, -0.05) is 0 Å². The molecule has 4 unspecified atom stereocenters. The topological polar surface area (TPSA) is 40.5 Å². The molecule has 0 aromatic heterocycles. The molecule has 2 fully saturated rings. The van der Waals surface area contributed by atoms with Crippen molar-refractivity contribution in [3.8, 4) is 0 Å². The minimum atomic E-state index is -5.43. The summed E-state index contributed by atoms with van der Waals surface area (Å²) >= 11 is 0. The molecule has 2 nitrogen and oxygen atoms in total. The Kier molecular flexibility index (Phi) is 2.71. The molecule has 100 valence electrons. The zero-order chi connectivity index (χ0) is 13.1. The molecule has 0 aliphatic heterocycles. The van der Waals surface area contributed by atoms with Crippen molar-refractivity contribution in [2.75, 3.05) is 0 Å². The summed E-state index contributed by atoms with van der Waals surface area (Å²) in [5, 5.41) is 18.6. The molecule has 0 amide bonds. The fraction of sp³-hybridized carbons (Fsp3) is 1.00. The van der Waals surface area contributed by atoms with E-state index in [1.807, 2.05) is 0 Å². The molecule has 2 aliphatic carbocycles. The maximum absolute atomic E-state index is 13.6. The first-order valence-corrected chi connectivity index (χ1v) is 5.44. The van der Waals surface area contributed by atoms with Crippen LogP contribution >= 0.6 is 0 Å². The zero-order valence-electron chi connectivity index (χ0n) is 8.84. The molecule has 0 radical (unpaired) electrons. The minimum absolute atomic E-state index is 0.156. The molecule has 17 heavy (non-hydrogen) atoms. The first-order valence-electron chi connectivity index (χ1n) is 5.44. The molecular weight excluding hydrogens is 247 g/mol. The van der Waals surface area contributed by atoms with E-state index >= 15 is 0 Å². The largest absolute Gasteiger partial charge is 0.420 e. The van der Waals surface area contributed by atoms with E-state index in [9.17, 15) is 27.1 Å². The lowest BCUT2D eigenvalue weighted by Gasteiger charge is -2.41. The zero-order valence-corrected chi connectivity index (χ0v) is 8.84. The molecule has 4 atom stereocenters. The van der Waals surface area contributed by atoms with E-state index in [-0.39, 0.29) is 12.3 Å². The SMILES string of the molecule is OC(C(F)(F)F)C(F)(F)C1(O)CC2CCC1C2. The average molecular weight is 260 g/mol. The van der Waals surface area contributed by atoms with Crippen molar-refractivity contribution in [3.05, 3.63) is 0 Å². The van der Waals surface area contributed by atoms with Gasteiger partial charge in [-0.25, -0.2) is 8.78 Å². The summed E-state index contributed by atoms with van der Waals surface area (Å²) in [4.78, 5) is 0. The summed E-state index contributed by atoms with van der Waals surface area (Å²) in [7, 11) is 0. The first kappa shape index (κ1) is 13.0. The molecule has 2 bridgehead atoms. The van der Waals surface area contributed by atoms with Gasteiger partial charge in [0.05, 0.1) is 0 Å². The lowest BCUT2D eigenvalue weighted by molar-refractivity contribution is -0.321. The van der Waals surface area contributed by atoms with Crippen LogP contribution in [0.3, 0.4) is 0 Å². The molecule has 2 N–H and O–H groups in total. The fourth-order valence-electron chi connectivity index (χ4n) is 3.15. The number of hydrogen-bond acceptors (Lipinski definition) is 2. The number of hydrogen-bond donors (Lipinski definition) is 2. The van der Waals surface area contributed by atoms with E-state index < -0.39 is 29.7 Å². The summed E-state index contributed by atoms with van der Waals surface area (Å²) in [6, 6.07) is 0. The predicted molar refractivity (Wildman–Crippen MR) is 47.4 cm³/mol. The van der Waals surface area contributed by atoms with Crippen molar-refractivity contribution in [3.63, 3.8) is 0 Å². The summed E-state index contributed by atoms with van der Waals surface area (Å²) < 4.78 is 63.8. The van der Waals surface area contributed by atoms with Gasteiger partial charge in [-0.3, -0.25) is 0 Å². The fourth-order valence-corrected chi connectivity index (χ4v) is 3.15. The summed E-state index contributed by atoms with van der Waals surface area (Å²) in [5.41, 5.74) is -2.72. The highest BCUT2D eigenvalue weighted by atomic mass is 19.4. The Morgan fingerprint density at radius 3 is 2.06 bits per heavy atom. The van der Waals surface area contributed by atoms with Crippen LogP contribution in [0.1, 0.15) is 25.7 Å². The van der Waals surface area contributed by atoms with Crippen molar-refractivity contribution in [2.24, 2.45) is 11.8 Å². The molecule has 2 saturated carbocycles.